The zero-order valence-corrected chi connectivity index (χ0v) is 24.9. The Morgan fingerprint density at radius 3 is 2.08 bits per heavy atom. The first kappa shape index (κ1) is 34.3. The number of hydrogen-bond acceptors (Lipinski definition) is 7. The number of carbonyl (C=O) groups excluding carboxylic acids is 2. The van der Waals surface area contributed by atoms with Crippen LogP contribution >= 0.6 is 11.6 Å². The number of halogens is 1. The molecular weight excluding hydrogens is 547 g/mol. The van der Waals surface area contributed by atoms with Crippen molar-refractivity contribution < 1.29 is 67.1 Å². The van der Waals surface area contributed by atoms with Gasteiger partial charge in [-0.3, -0.25) is 4.79 Å². The fourth-order valence-corrected chi connectivity index (χ4v) is 4.51. The van der Waals surface area contributed by atoms with E-state index in [0.29, 0.717) is 35.5 Å². The number of hydrogen-bond donors (Lipinski definition) is 1. The van der Waals surface area contributed by atoms with Crippen molar-refractivity contribution in [3.05, 3.63) is 59.6 Å². The molecule has 0 spiro atoms. The summed E-state index contributed by atoms with van der Waals surface area (Å²) in [6.45, 7) is 0.320. The molecule has 0 heterocycles. The Morgan fingerprint density at radius 1 is 0.947 bits per heavy atom. The monoisotopic (exact) mass is 578 g/mol. The molecule has 1 aliphatic rings. The van der Waals surface area contributed by atoms with Gasteiger partial charge in [-0.05, 0) is 73.9 Å². The minimum Gasteiger partial charge on any atom is -0.748 e. The molecule has 0 aromatic heterocycles. The summed E-state index contributed by atoms with van der Waals surface area (Å²) in [7, 11) is -4.35. The fraction of sp³-hybridized carbons (Fsp3) is 0.440. The maximum Gasteiger partial charge on any atom is 1.00 e. The van der Waals surface area contributed by atoms with Crippen LogP contribution in [0.3, 0.4) is 0 Å². The molecule has 2 aromatic carbocycles. The van der Waals surface area contributed by atoms with Gasteiger partial charge in [-0.1, -0.05) is 29.8 Å². The number of nitrogens with zero attached hydrogens (tertiary/aromatic N) is 1. The molecule has 1 aliphatic carbocycles. The predicted molar refractivity (Wildman–Crippen MR) is 139 cm³/mol. The Kier molecular flexibility index (Phi) is 15.4. The molecule has 0 unspecified atom stereocenters. The summed E-state index contributed by atoms with van der Waals surface area (Å²) in [6.07, 6.45) is 3.07. The van der Waals surface area contributed by atoms with E-state index in [4.69, 9.17) is 21.1 Å². The number of para-hydroxylation sites is 1. The molecule has 3 rings (SSSR count). The molecule has 0 radical (unpaired) electrons. The zero-order chi connectivity index (χ0) is 26.0. The molecule has 1 fully saturated rings. The molecule has 1 saturated carbocycles. The van der Waals surface area contributed by atoms with Gasteiger partial charge in [0.1, 0.15) is 6.61 Å². The van der Waals surface area contributed by atoms with Crippen molar-refractivity contribution in [2.45, 2.75) is 25.7 Å². The van der Waals surface area contributed by atoms with Gasteiger partial charge >= 0.3 is 35.7 Å². The minimum atomic E-state index is -4.35. The summed E-state index contributed by atoms with van der Waals surface area (Å²) in [5.41, 5.74) is 1.36. The van der Waals surface area contributed by atoms with E-state index in [1.165, 1.54) is 4.90 Å². The van der Waals surface area contributed by atoms with Crippen LogP contribution in [-0.2, 0) is 24.4 Å². The average Bonchev–Trinajstić information content (AvgIpc) is 2.85. The first-order chi connectivity index (χ1) is 17.2. The van der Waals surface area contributed by atoms with Gasteiger partial charge in [0.25, 0.3) is 0 Å². The van der Waals surface area contributed by atoms with E-state index < -0.39 is 27.9 Å². The smallest absolute Gasteiger partial charge is 0.748 e. The summed E-state index contributed by atoms with van der Waals surface area (Å²) in [6, 6.07) is 16.3. The van der Waals surface area contributed by atoms with E-state index in [0.717, 1.165) is 25.7 Å². The van der Waals surface area contributed by atoms with E-state index >= 15 is 0 Å². The molecule has 0 saturated heterocycles. The molecule has 13 heteroatoms. The Morgan fingerprint density at radius 2 is 1.50 bits per heavy atom. The van der Waals surface area contributed by atoms with Gasteiger partial charge in [-0.2, -0.15) is 0 Å². The van der Waals surface area contributed by atoms with Gasteiger partial charge < -0.3 is 24.8 Å². The van der Waals surface area contributed by atoms with Crippen molar-refractivity contribution in [2.24, 2.45) is 11.8 Å². The summed E-state index contributed by atoms with van der Waals surface area (Å²) >= 11 is 6.00. The number of amides is 2. The maximum absolute atomic E-state index is 13.0. The van der Waals surface area contributed by atoms with E-state index in [9.17, 15) is 22.6 Å². The normalized spacial score (nSPS) is 16.9. The van der Waals surface area contributed by atoms with Crippen LogP contribution in [0.15, 0.2) is 54.6 Å². The van der Waals surface area contributed by atoms with Crippen LogP contribution in [0.2, 0.25) is 5.02 Å². The second-order valence-corrected chi connectivity index (χ2v) is 10.7. The molecule has 0 bridgehead atoms. The van der Waals surface area contributed by atoms with Gasteiger partial charge in [0.05, 0.1) is 40.5 Å². The maximum atomic E-state index is 13.0. The molecule has 2 aromatic rings. The van der Waals surface area contributed by atoms with Crippen molar-refractivity contribution in [3.8, 4) is 0 Å². The molecule has 3 N–H and O–H groups in total. The first-order valence-corrected chi connectivity index (χ1v) is 13.7. The van der Waals surface area contributed by atoms with Crippen LogP contribution < -0.4 is 39.8 Å². The number of benzene rings is 2. The fourth-order valence-electron chi connectivity index (χ4n) is 4.03. The number of rotatable bonds is 11. The van der Waals surface area contributed by atoms with E-state index in [-0.39, 0.29) is 54.1 Å². The van der Waals surface area contributed by atoms with E-state index in [1.54, 1.807) is 24.3 Å². The van der Waals surface area contributed by atoms with Gasteiger partial charge in [-0.15, -0.1) is 0 Å². The standard InChI is InChI=1S/C25H31ClN2O7S.Na.H2O/c26-21-10-12-23(13-11-21)28(22-4-2-1-3-5-22)25(30)35-17-20-8-6-19(7-9-20)16-34-18-24(29)27-14-15-36(31,32)33;;/h1-5,10-13,19-20H,6-9,14-18H2,(H,27,29)(H,31,32,33);;1H2/q;+1;/p-1/t19-,20-;;. The molecule has 204 valence electrons. The topological polar surface area (TPSA) is 157 Å². The van der Waals surface area contributed by atoms with Crippen LogP contribution in [0.5, 0.6) is 0 Å². The summed E-state index contributed by atoms with van der Waals surface area (Å²) < 4.78 is 42.8. The van der Waals surface area contributed by atoms with Crippen molar-refractivity contribution >= 4 is 45.1 Å². The third-order valence-electron chi connectivity index (χ3n) is 5.95. The predicted octanol–water partition coefficient (Wildman–Crippen LogP) is 0.278. The number of ether oxygens (including phenoxy) is 2. The third-order valence-corrected chi connectivity index (χ3v) is 6.91. The minimum absolute atomic E-state index is 0. The molecule has 2 amide bonds. The number of anilines is 2. The van der Waals surface area contributed by atoms with Crippen LogP contribution in [0.1, 0.15) is 25.7 Å². The third kappa shape index (κ3) is 12.0. The van der Waals surface area contributed by atoms with Crippen molar-refractivity contribution in [3.63, 3.8) is 0 Å². The van der Waals surface area contributed by atoms with Crippen LogP contribution in [0, 0.1) is 11.8 Å². The SMILES string of the molecule is O.O=C(COC[C@H]1CC[C@H](COC(=O)N(c2ccccc2)c2ccc(Cl)cc2)CC1)NCCS(=O)(=O)[O-].[Na+]. The Hall–Kier alpha value is -1.70. The largest absolute Gasteiger partial charge is 1.00 e. The quantitative estimate of drug-likeness (QED) is 0.296. The van der Waals surface area contributed by atoms with Gasteiger partial charge in [0.15, 0.2) is 0 Å². The van der Waals surface area contributed by atoms with Crippen molar-refractivity contribution in [1.82, 2.24) is 5.32 Å². The zero-order valence-electron chi connectivity index (χ0n) is 21.3. The second-order valence-electron chi connectivity index (χ2n) is 8.74. The van der Waals surface area contributed by atoms with Gasteiger partial charge in [0.2, 0.25) is 5.91 Å². The Balaban J connectivity index is 0.00000361. The molecule has 10 nitrogen and oxygen atoms in total. The summed E-state index contributed by atoms with van der Waals surface area (Å²) in [4.78, 5) is 26.2. The summed E-state index contributed by atoms with van der Waals surface area (Å²) in [5.74, 6) is -0.564. The molecule has 38 heavy (non-hydrogen) atoms. The number of nitrogens with one attached hydrogen (secondary N) is 1. The first-order valence-electron chi connectivity index (χ1n) is 11.8. The Labute approximate surface area is 250 Å². The van der Waals surface area contributed by atoms with E-state index in [1.807, 2.05) is 30.3 Å². The van der Waals surface area contributed by atoms with Crippen LogP contribution in [0.4, 0.5) is 16.2 Å². The van der Waals surface area contributed by atoms with Crippen LogP contribution in [0.25, 0.3) is 0 Å². The van der Waals surface area contributed by atoms with Gasteiger partial charge in [0, 0.05) is 11.6 Å². The van der Waals surface area contributed by atoms with E-state index in [2.05, 4.69) is 5.32 Å². The average molecular weight is 579 g/mol. The van der Waals surface area contributed by atoms with Crippen molar-refractivity contribution in [1.29, 1.82) is 0 Å². The van der Waals surface area contributed by atoms with Crippen molar-refractivity contribution in [2.75, 3.05) is 37.0 Å². The Bertz CT molecular complexity index is 1100. The second kappa shape index (κ2) is 17.1. The molecule has 0 aliphatic heterocycles. The number of carbonyl (C=O) groups is 2. The van der Waals surface area contributed by atoms with Gasteiger partial charge in [-0.25, -0.2) is 18.1 Å². The van der Waals surface area contributed by atoms with Crippen LogP contribution in [-0.4, -0.2) is 62.6 Å². The molecule has 0 atom stereocenters. The molecular formula is C25H32ClN2NaO8S. The summed E-state index contributed by atoms with van der Waals surface area (Å²) in [5, 5.41) is 2.92.